The first-order valence-electron chi connectivity index (χ1n) is 7.76. The SMILES string of the molecule is O=P(O)(O)C(O)(CCCc1ccc(N(CCCl)CCCl)cc1)P(=O)(O)O.[Na+]. The zero-order chi connectivity index (χ0) is 20.0. The molecule has 0 aliphatic heterocycles. The van der Waals surface area contributed by atoms with E-state index in [1.165, 1.54) is 0 Å². The molecular weight excluding hydrogens is 450 g/mol. The van der Waals surface area contributed by atoms with Crippen molar-refractivity contribution in [2.24, 2.45) is 0 Å². The van der Waals surface area contributed by atoms with E-state index in [1.807, 2.05) is 17.0 Å². The summed E-state index contributed by atoms with van der Waals surface area (Å²) in [5.74, 6) is 0.893. The Kier molecular flexibility index (Phi) is 12.3. The number of aryl methyl sites for hydroxylation is 1. The number of benzene rings is 1. The van der Waals surface area contributed by atoms with Crippen molar-refractivity contribution in [3.05, 3.63) is 29.8 Å². The topological polar surface area (TPSA) is 139 Å². The molecule has 0 saturated heterocycles. The maximum absolute atomic E-state index is 11.3. The molecule has 0 unspecified atom stereocenters. The van der Waals surface area contributed by atoms with Crippen molar-refractivity contribution in [2.45, 2.75) is 24.3 Å². The quantitative estimate of drug-likeness (QED) is 0.162. The smallest absolute Gasteiger partial charge is 0.369 e. The fraction of sp³-hybridized carbons (Fsp3) is 0.571. The number of rotatable bonds is 11. The Morgan fingerprint density at radius 3 is 1.74 bits per heavy atom. The van der Waals surface area contributed by atoms with Crippen LogP contribution < -0.4 is 34.5 Å². The van der Waals surface area contributed by atoms with E-state index in [4.69, 9.17) is 42.8 Å². The van der Waals surface area contributed by atoms with E-state index in [9.17, 15) is 14.2 Å². The summed E-state index contributed by atoms with van der Waals surface area (Å²) in [5, 5.41) is 6.48. The van der Waals surface area contributed by atoms with E-state index in [0.717, 1.165) is 11.3 Å². The number of aliphatic hydroxyl groups is 1. The van der Waals surface area contributed by atoms with Gasteiger partial charge in [0.05, 0.1) is 0 Å². The predicted octanol–water partition coefficient (Wildman–Crippen LogP) is -0.701. The maximum Gasteiger partial charge on any atom is 1.00 e. The van der Waals surface area contributed by atoms with Crippen LogP contribution in [0.2, 0.25) is 0 Å². The van der Waals surface area contributed by atoms with Crippen molar-refractivity contribution >= 4 is 44.1 Å². The van der Waals surface area contributed by atoms with E-state index >= 15 is 0 Å². The Hall–Kier alpha value is 0.860. The molecule has 1 aromatic rings. The van der Waals surface area contributed by atoms with Gasteiger partial charge in [-0.05, 0) is 30.5 Å². The molecule has 0 amide bonds. The average molecular weight is 473 g/mol. The molecule has 0 bridgehead atoms. The molecule has 5 N–H and O–H groups in total. The molecule has 0 atom stereocenters. The molecule has 150 valence electrons. The standard InChI is InChI=1S/C14H23Cl2NO7P2.Na/c15-8-10-17(11-9-16)13-5-3-12(4-6-13)2-1-7-14(18,25(19,20)21)26(22,23)24;/h3-6,18H,1-2,7-11H2,(H2,19,20,21)(H2,22,23,24);/q;+1. The van der Waals surface area contributed by atoms with E-state index in [2.05, 4.69) is 0 Å². The van der Waals surface area contributed by atoms with Crippen LogP contribution in [0, 0.1) is 0 Å². The van der Waals surface area contributed by atoms with Gasteiger partial charge in [0.1, 0.15) is 0 Å². The molecule has 0 radical (unpaired) electrons. The molecule has 0 aliphatic carbocycles. The average Bonchev–Trinajstić information content (AvgIpc) is 2.53. The summed E-state index contributed by atoms with van der Waals surface area (Å²) >= 11 is 11.5. The van der Waals surface area contributed by atoms with Gasteiger partial charge >= 0.3 is 44.7 Å². The summed E-state index contributed by atoms with van der Waals surface area (Å²) in [7, 11) is -10.8. The first kappa shape index (κ1) is 27.9. The van der Waals surface area contributed by atoms with Crippen molar-refractivity contribution < 1.29 is 63.4 Å². The van der Waals surface area contributed by atoms with Gasteiger partial charge in [0.15, 0.2) is 0 Å². The van der Waals surface area contributed by atoms with Gasteiger partial charge < -0.3 is 29.6 Å². The monoisotopic (exact) mass is 472 g/mol. The van der Waals surface area contributed by atoms with E-state index < -0.39 is 26.7 Å². The van der Waals surface area contributed by atoms with Crippen LogP contribution in [0.4, 0.5) is 5.69 Å². The summed E-state index contributed by atoms with van der Waals surface area (Å²) in [6.07, 6.45) is -0.458. The van der Waals surface area contributed by atoms with Crippen LogP contribution in [0.25, 0.3) is 0 Å². The Bertz CT molecular complexity index is 640. The van der Waals surface area contributed by atoms with Crippen molar-refractivity contribution in [1.29, 1.82) is 0 Å². The zero-order valence-electron chi connectivity index (χ0n) is 14.9. The molecule has 13 heteroatoms. The molecule has 0 fully saturated rings. The summed E-state index contributed by atoms with van der Waals surface area (Å²) < 4.78 is 22.6. The van der Waals surface area contributed by atoms with Crippen LogP contribution in [-0.4, -0.2) is 54.6 Å². The van der Waals surface area contributed by atoms with E-state index in [1.54, 1.807) is 12.1 Å². The fourth-order valence-corrected chi connectivity index (χ4v) is 5.10. The third-order valence-electron chi connectivity index (χ3n) is 3.92. The molecule has 1 aromatic carbocycles. The number of hydrogen-bond donors (Lipinski definition) is 5. The second-order valence-corrected chi connectivity index (χ2v) is 10.5. The molecule has 0 aromatic heterocycles. The number of hydrogen-bond acceptors (Lipinski definition) is 4. The summed E-state index contributed by atoms with van der Waals surface area (Å²) in [6.45, 7) is 1.26. The van der Waals surface area contributed by atoms with Crippen molar-refractivity contribution in [2.75, 3.05) is 29.7 Å². The Morgan fingerprint density at radius 1 is 0.926 bits per heavy atom. The molecule has 0 spiro atoms. The molecule has 0 aliphatic rings. The normalized spacial score (nSPS) is 12.6. The van der Waals surface area contributed by atoms with E-state index in [0.29, 0.717) is 24.8 Å². The minimum Gasteiger partial charge on any atom is -0.369 e. The van der Waals surface area contributed by atoms with Crippen LogP contribution in [0.5, 0.6) is 0 Å². The van der Waals surface area contributed by atoms with Crippen molar-refractivity contribution in [1.82, 2.24) is 0 Å². The van der Waals surface area contributed by atoms with Gasteiger partial charge in [-0.15, -0.1) is 23.2 Å². The van der Waals surface area contributed by atoms with Gasteiger partial charge in [-0.3, -0.25) is 9.13 Å². The van der Waals surface area contributed by atoms with Gasteiger partial charge in [-0.1, -0.05) is 12.1 Å². The van der Waals surface area contributed by atoms with Gasteiger partial charge in [0.2, 0.25) is 0 Å². The first-order valence-corrected chi connectivity index (χ1v) is 12.0. The number of halogens is 2. The number of nitrogens with zero attached hydrogens (tertiary/aromatic N) is 1. The molecule has 8 nitrogen and oxygen atoms in total. The largest absolute Gasteiger partial charge is 1.00 e. The van der Waals surface area contributed by atoms with Gasteiger partial charge in [-0.2, -0.15) is 0 Å². The third-order valence-corrected chi connectivity index (χ3v) is 8.14. The summed E-state index contributed by atoms with van der Waals surface area (Å²) in [4.78, 5) is 38.4. The summed E-state index contributed by atoms with van der Waals surface area (Å²) in [5.41, 5.74) is 1.71. The van der Waals surface area contributed by atoms with Gasteiger partial charge in [0.25, 0.3) is 5.08 Å². The minimum absolute atomic E-state index is 0. The molecular formula is C14H23Cl2NNaO7P2+. The Morgan fingerprint density at radius 2 is 1.37 bits per heavy atom. The Balaban J connectivity index is 0.00000676. The zero-order valence-corrected chi connectivity index (χ0v) is 20.2. The van der Waals surface area contributed by atoms with Crippen LogP contribution in [0.1, 0.15) is 18.4 Å². The van der Waals surface area contributed by atoms with E-state index in [-0.39, 0.29) is 42.4 Å². The number of alkyl halides is 2. The van der Waals surface area contributed by atoms with Crippen LogP contribution in [0.15, 0.2) is 24.3 Å². The number of anilines is 1. The van der Waals surface area contributed by atoms with Crippen molar-refractivity contribution in [3.63, 3.8) is 0 Å². The molecule has 27 heavy (non-hydrogen) atoms. The van der Waals surface area contributed by atoms with Crippen LogP contribution >= 0.6 is 38.4 Å². The minimum atomic E-state index is -5.41. The second kappa shape index (κ2) is 11.9. The molecule has 0 heterocycles. The fourth-order valence-electron chi connectivity index (χ4n) is 2.44. The van der Waals surface area contributed by atoms with Gasteiger partial charge in [-0.25, -0.2) is 0 Å². The third kappa shape index (κ3) is 7.89. The molecule has 0 saturated carbocycles. The van der Waals surface area contributed by atoms with Crippen molar-refractivity contribution in [3.8, 4) is 0 Å². The molecule has 1 rings (SSSR count). The van der Waals surface area contributed by atoms with Gasteiger partial charge in [0, 0.05) is 37.0 Å². The maximum atomic E-state index is 11.3. The Labute approximate surface area is 190 Å². The second-order valence-electron chi connectivity index (χ2n) is 5.75. The first-order chi connectivity index (χ1) is 12.0. The predicted molar refractivity (Wildman–Crippen MR) is 102 cm³/mol. The summed E-state index contributed by atoms with van der Waals surface area (Å²) in [6, 6.07) is 7.26. The van der Waals surface area contributed by atoms with Crippen LogP contribution in [0.3, 0.4) is 0 Å². The van der Waals surface area contributed by atoms with Crippen LogP contribution in [-0.2, 0) is 15.6 Å².